The van der Waals surface area contributed by atoms with E-state index in [-0.39, 0.29) is 24.8 Å². The lowest BCUT2D eigenvalue weighted by molar-refractivity contribution is -0.128. The van der Waals surface area contributed by atoms with E-state index >= 15 is 0 Å². The number of carbonyl (C=O) groups excluding carboxylic acids is 2. The number of hydrogen-bond acceptors (Lipinski definition) is 3. The quantitative estimate of drug-likeness (QED) is 0.506. The third kappa shape index (κ3) is 3.93. The van der Waals surface area contributed by atoms with Gasteiger partial charge in [-0.25, -0.2) is 14.0 Å². The Morgan fingerprint density at radius 2 is 1.71 bits per heavy atom. The number of imide groups is 1. The first-order chi connectivity index (χ1) is 13.5. The highest BCUT2D eigenvalue weighted by atomic mass is 79.9. The normalized spacial score (nSPS) is 13.0. The Morgan fingerprint density at radius 1 is 1.04 bits per heavy atom. The Kier molecular flexibility index (Phi) is 6.11. The lowest BCUT2D eigenvalue weighted by Gasteiger charge is -2.32. The van der Waals surface area contributed by atoms with Crippen LogP contribution in [-0.4, -0.2) is 16.8 Å². The Morgan fingerprint density at radius 3 is 2.29 bits per heavy atom. The van der Waals surface area contributed by atoms with Crippen LogP contribution < -0.4 is 4.48 Å². The summed E-state index contributed by atoms with van der Waals surface area (Å²) in [5.41, 5.74) is 1.56. The number of carbonyl (C=O) groups is 2. The molecule has 1 aromatic heterocycles. The van der Waals surface area contributed by atoms with E-state index in [4.69, 9.17) is 0 Å². The zero-order chi connectivity index (χ0) is 20.1. The van der Waals surface area contributed by atoms with Crippen LogP contribution >= 0.6 is 15.9 Å². The molecule has 3 aromatic rings. The summed E-state index contributed by atoms with van der Waals surface area (Å²) in [7, 11) is 0. The van der Waals surface area contributed by atoms with E-state index in [9.17, 15) is 14.0 Å². The summed E-state index contributed by atoms with van der Waals surface area (Å²) in [4.78, 5) is 31.0. The summed E-state index contributed by atoms with van der Waals surface area (Å²) >= 11 is 3.36. The van der Waals surface area contributed by atoms with Crippen molar-refractivity contribution in [3.05, 3.63) is 94.5 Å². The molecule has 2 amide bonds. The van der Waals surface area contributed by atoms with Crippen LogP contribution in [0.2, 0.25) is 0 Å². The average molecular weight is 442 g/mol. The molecule has 1 atom stereocenters. The molecular formula is C22H19BrFN2O2+. The summed E-state index contributed by atoms with van der Waals surface area (Å²) in [5.74, 6) is -1.07. The van der Waals surface area contributed by atoms with Gasteiger partial charge in [-0.2, -0.15) is 4.48 Å². The van der Waals surface area contributed by atoms with Crippen LogP contribution in [0.15, 0.2) is 77.5 Å². The Hall–Kier alpha value is -2.70. The van der Waals surface area contributed by atoms with Crippen molar-refractivity contribution in [1.82, 2.24) is 9.47 Å². The monoisotopic (exact) mass is 441 g/mol. The number of benzene rings is 2. The van der Waals surface area contributed by atoms with Crippen LogP contribution in [0.25, 0.3) is 0 Å². The Labute approximate surface area is 171 Å². The Bertz CT molecular complexity index is 976. The summed E-state index contributed by atoms with van der Waals surface area (Å²) in [5, 5.41) is 0. The first-order valence-corrected chi connectivity index (χ1v) is 9.63. The second kappa shape index (κ2) is 8.54. The highest BCUT2D eigenvalue weighted by Gasteiger charge is 2.46. The molecule has 0 fully saturated rings. The number of amides is 2. The van der Waals surface area contributed by atoms with Gasteiger partial charge in [-0.3, -0.25) is 4.98 Å². The molecule has 0 radical (unpaired) electrons. The minimum absolute atomic E-state index is 0.0983. The van der Waals surface area contributed by atoms with Gasteiger partial charge in [-0.1, -0.05) is 28.9 Å². The van der Waals surface area contributed by atoms with Crippen molar-refractivity contribution in [3.8, 4) is 0 Å². The van der Waals surface area contributed by atoms with E-state index < -0.39 is 10.3 Å². The van der Waals surface area contributed by atoms with E-state index in [0.29, 0.717) is 11.3 Å². The molecule has 1 heterocycles. The number of halogens is 2. The molecule has 0 aliphatic carbocycles. The molecule has 0 N–H and O–H groups in total. The van der Waals surface area contributed by atoms with Crippen molar-refractivity contribution in [3.63, 3.8) is 0 Å². The fraction of sp³-hybridized carbons (Fsp3) is 0.136. The van der Waals surface area contributed by atoms with Gasteiger partial charge in [0.15, 0.2) is 0 Å². The minimum Gasteiger partial charge on any atom is -0.264 e. The maximum atomic E-state index is 13.7. The van der Waals surface area contributed by atoms with Gasteiger partial charge in [0.1, 0.15) is 18.0 Å². The average Bonchev–Trinajstić information content (AvgIpc) is 2.73. The van der Waals surface area contributed by atoms with Gasteiger partial charge >= 0.3 is 11.8 Å². The predicted molar refractivity (Wildman–Crippen MR) is 110 cm³/mol. The third-order valence-electron chi connectivity index (χ3n) is 4.58. The van der Waals surface area contributed by atoms with Crippen molar-refractivity contribution in [2.45, 2.75) is 19.9 Å². The second-order valence-electron chi connectivity index (χ2n) is 6.36. The molecule has 6 heteroatoms. The SMILES string of the molecule is CCC(=O)[N+](Cc1cccnc1)(C(=O)c1ccc(Br)cc1)c1ccc(F)cc1. The lowest BCUT2D eigenvalue weighted by Crippen LogP contribution is -2.57. The Balaban J connectivity index is 2.22. The molecule has 1 unspecified atom stereocenters. The van der Waals surface area contributed by atoms with Crippen LogP contribution in [-0.2, 0) is 11.3 Å². The van der Waals surface area contributed by atoms with Gasteiger partial charge in [0.25, 0.3) is 0 Å². The molecular weight excluding hydrogens is 423 g/mol. The van der Waals surface area contributed by atoms with Gasteiger partial charge in [0.2, 0.25) is 0 Å². The molecule has 0 aliphatic rings. The topological polar surface area (TPSA) is 47.0 Å². The van der Waals surface area contributed by atoms with Crippen molar-refractivity contribution < 1.29 is 14.0 Å². The largest absolute Gasteiger partial charge is 0.358 e. The van der Waals surface area contributed by atoms with E-state index in [1.165, 1.54) is 24.3 Å². The van der Waals surface area contributed by atoms with E-state index in [2.05, 4.69) is 20.9 Å². The van der Waals surface area contributed by atoms with Crippen LogP contribution in [0.4, 0.5) is 10.1 Å². The van der Waals surface area contributed by atoms with Crippen molar-refractivity contribution >= 4 is 33.4 Å². The van der Waals surface area contributed by atoms with Crippen LogP contribution in [0, 0.1) is 5.82 Å². The van der Waals surface area contributed by atoms with Crippen molar-refractivity contribution in [2.24, 2.45) is 0 Å². The summed E-state index contributed by atoms with van der Waals surface area (Å²) in [6, 6.07) is 16.0. The summed E-state index contributed by atoms with van der Waals surface area (Å²) in [6.07, 6.45) is 3.42. The van der Waals surface area contributed by atoms with Crippen LogP contribution in [0.3, 0.4) is 0 Å². The van der Waals surface area contributed by atoms with Gasteiger partial charge < -0.3 is 0 Å². The van der Waals surface area contributed by atoms with E-state index in [0.717, 1.165) is 10.0 Å². The lowest BCUT2D eigenvalue weighted by atomic mass is 10.1. The number of nitrogens with zero attached hydrogens (tertiary/aromatic N) is 2. The zero-order valence-corrected chi connectivity index (χ0v) is 16.9. The zero-order valence-electron chi connectivity index (χ0n) is 15.3. The molecule has 0 saturated carbocycles. The first-order valence-electron chi connectivity index (χ1n) is 8.84. The third-order valence-corrected chi connectivity index (χ3v) is 5.10. The molecule has 0 aliphatic heterocycles. The molecule has 2 aromatic carbocycles. The number of hydrogen-bond donors (Lipinski definition) is 0. The molecule has 3 rings (SSSR count). The van der Waals surface area contributed by atoms with E-state index in [1.807, 2.05) is 6.07 Å². The van der Waals surface area contributed by atoms with Crippen molar-refractivity contribution in [2.75, 3.05) is 0 Å². The molecule has 142 valence electrons. The van der Waals surface area contributed by atoms with Crippen molar-refractivity contribution in [1.29, 1.82) is 0 Å². The number of quaternary nitrogens is 1. The fourth-order valence-corrected chi connectivity index (χ4v) is 3.43. The summed E-state index contributed by atoms with van der Waals surface area (Å²) in [6.45, 7) is 1.82. The first kappa shape index (κ1) is 20.0. The molecule has 28 heavy (non-hydrogen) atoms. The predicted octanol–water partition coefficient (Wildman–Crippen LogP) is 5.27. The molecule has 0 bridgehead atoms. The van der Waals surface area contributed by atoms with Gasteiger partial charge in [0, 0.05) is 34.6 Å². The number of aromatic nitrogens is 1. The minimum atomic E-state index is -0.565. The number of rotatable bonds is 5. The van der Waals surface area contributed by atoms with Crippen LogP contribution in [0.5, 0.6) is 0 Å². The maximum Gasteiger partial charge on any atom is 0.358 e. The maximum absolute atomic E-state index is 13.7. The fourth-order valence-electron chi connectivity index (χ4n) is 3.17. The van der Waals surface area contributed by atoms with Gasteiger partial charge in [0.05, 0.1) is 12.0 Å². The van der Waals surface area contributed by atoms with Gasteiger partial charge in [-0.15, -0.1) is 0 Å². The van der Waals surface area contributed by atoms with Gasteiger partial charge in [-0.05, 0) is 42.5 Å². The molecule has 0 spiro atoms. The second-order valence-corrected chi connectivity index (χ2v) is 7.28. The summed E-state index contributed by atoms with van der Waals surface area (Å²) < 4.78 is 13.8. The molecule has 0 saturated heterocycles. The van der Waals surface area contributed by atoms with Crippen LogP contribution in [0.1, 0.15) is 29.3 Å². The highest BCUT2D eigenvalue weighted by Crippen LogP contribution is 2.31. The smallest absolute Gasteiger partial charge is 0.264 e. The van der Waals surface area contributed by atoms with E-state index in [1.54, 1.807) is 49.6 Å². The highest BCUT2D eigenvalue weighted by molar-refractivity contribution is 9.10. The standard InChI is InChI=1S/C22H19BrFN2O2/c1-2-21(27)26(15-16-4-3-13-25-14-16,20-11-9-19(24)10-12-20)22(28)17-5-7-18(23)8-6-17/h3-14H,2,15H2,1H3/q+1. The number of pyridine rings is 1. The molecule has 4 nitrogen and oxygen atoms in total.